The Kier molecular flexibility index (Phi) is 5.91. The van der Waals surface area contributed by atoms with Gasteiger partial charge in [-0.15, -0.1) is 0 Å². The van der Waals surface area contributed by atoms with Crippen LogP contribution in [0.3, 0.4) is 0 Å². The van der Waals surface area contributed by atoms with Crippen molar-refractivity contribution in [3.63, 3.8) is 0 Å². The Bertz CT molecular complexity index is 330. The number of aryl methyl sites for hydroxylation is 1. The van der Waals surface area contributed by atoms with Gasteiger partial charge in [-0.2, -0.15) is 0 Å². The summed E-state index contributed by atoms with van der Waals surface area (Å²) >= 11 is 0. The van der Waals surface area contributed by atoms with Crippen LogP contribution >= 0.6 is 0 Å². The third-order valence-corrected chi connectivity index (χ3v) is 2.79. The van der Waals surface area contributed by atoms with E-state index in [9.17, 15) is 0 Å². The smallest absolute Gasteiger partial charge is 0.133 e. The molecule has 2 N–H and O–H groups in total. The van der Waals surface area contributed by atoms with Crippen LogP contribution in [0.15, 0.2) is 0 Å². The van der Waals surface area contributed by atoms with Crippen LogP contribution in [-0.4, -0.2) is 23.6 Å². The van der Waals surface area contributed by atoms with E-state index in [1.165, 1.54) is 18.4 Å². The van der Waals surface area contributed by atoms with Crippen molar-refractivity contribution in [3.05, 3.63) is 17.1 Å². The number of aromatic nitrogens is 2. The van der Waals surface area contributed by atoms with E-state index in [0.717, 1.165) is 36.8 Å². The summed E-state index contributed by atoms with van der Waals surface area (Å²) in [7, 11) is 1.91. The Balaban J connectivity index is 0.000000317. The predicted octanol–water partition coefficient (Wildman–Crippen LogP) is 2.28. The molecule has 0 saturated carbocycles. The standard InChI is InChI=1S/C9H14N4.C4H10/c1-6-12-8-5-11-4-3-7(8)9(10-2)13-6;1-3-4-2/h11H,3-5H2,1-2H3,(H,10,12,13);3-4H2,1-2H3. The van der Waals surface area contributed by atoms with Crippen molar-refractivity contribution in [3.8, 4) is 0 Å². The van der Waals surface area contributed by atoms with Gasteiger partial charge in [-0.25, -0.2) is 9.97 Å². The Morgan fingerprint density at radius 2 is 1.94 bits per heavy atom. The summed E-state index contributed by atoms with van der Waals surface area (Å²) < 4.78 is 0. The van der Waals surface area contributed by atoms with Crippen LogP contribution < -0.4 is 10.6 Å². The first-order valence-electron chi connectivity index (χ1n) is 6.47. The number of rotatable bonds is 2. The number of hydrogen-bond donors (Lipinski definition) is 2. The molecule has 2 rings (SSSR count). The van der Waals surface area contributed by atoms with Crippen LogP contribution in [0.1, 0.15) is 43.8 Å². The summed E-state index contributed by atoms with van der Waals surface area (Å²) in [4.78, 5) is 8.76. The highest BCUT2D eigenvalue weighted by Gasteiger charge is 2.14. The van der Waals surface area contributed by atoms with Gasteiger partial charge in [0, 0.05) is 19.2 Å². The lowest BCUT2D eigenvalue weighted by molar-refractivity contribution is 0.621. The molecule has 2 heterocycles. The summed E-state index contributed by atoms with van der Waals surface area (Å²) in [5.41, 5.74) is 2.41. The summed E-state index contributed by atoms with van der Waals surface area (Å²) in [5, 5.41) is 6.42. The Hall–Kier alpha value is -1.16. The van der Waals surface area contributed by atoms with Gasteiger partial charge in [-0.3, -0.25) is 0 Å². The van der Waals surface area contributed by atoms with Crippen molar-refractivity contribution in [2.45, 2.75) is 46.6 Å². The second-order valence-electron chi connectivity index (χ2n) is 4.22. The molecule has 0 aromatic carbocycles. The average molecular weight is 236 g/mol. The molecule has 0 amide bonds. The molecule has 0 unspecified atom stereocenters. The number of hydrogen-bond acceptors (Lipinski definition) is 4. The van der Waals surface area contributed by atoms with E-state index in [0.29, 0.717) is 0 Å². The zero-order valence-electron chi connectivity index (χ0n) is 11.4. The highest BCUT2D eigenvalue weighted by atomic mass is 15.0. The number of nitrogens with zero attached hydrogens (tertiary/aromatic N) is 2. The molecule has 1 aliphatic rings. The van der Waals surface area contributed by atoms with E-state index in [4.69, 9.17) is 0 Å². The number of unbranched alkanes of at least 4 members (excludes halogenated alkanes) is 1. The van der Waals surface area contributed by atoms with Crippen LogP contribution in [-0.2, 0) is 13.0 Å². The molecular weight excluding hydrogens is 212 g/mol. The lowest BCUT2D eigenvalue weighted by atomic mass is 10.1. The molecule has 0 aliphatic carbocycles. The first-order chi connectivity index (χ1) is 8.22. The van der Waals surface area contributed by atoms with E-state index in [1.807, 2.05) is 14.0 Å². The fraction of sp³-hybridized carbons (Fsp3) is 0.692. The molecule has 1 aliphatic heterocycles. The highest BCUT2D eigenvalue weighted by Crippen LogP contribution is 2.19. The van der Waals surface area contributed by atoms with Gasteiger partial charge < -0.3 is 10.6 Å². The maximum Gasteiger partial charge on any atom is 0.133 e. The maximum atomic E-state index is 4.41. The van der Waals surface area contributed by atoms with Crippen LogP contribution in [0, 0.1) is 6.92 Å². The van der Waals surface area contributed by atoms with Crippen LogP contribution in [0.5, 0.6) is 0 Å². The van der Waals surface area contributed by atoms with Crippen molar-refractivity contribution in [2.75, 3.05) is 18.9 Å². The van der Waals surface area contributed by atoms with Crippen LogP contribution in [0.25, 0.3) is 0 Å². The largest absolute Gasteiger partial charge is 0.373 e. The van der Waals surface area contributed by atoms with E-state index in [2.05, 4.69) is 34.4 Å². The number of fused-ring (bicyclic) bond motifs is 1. The predicted molar refractivity (Wildman–Crippen MR) is 72.3 cm³/mol. The normalized spacial score (nSPS) is 13.4. The molecule has 0 atom stereocenters. The van der Waals surface area contributed by atoms with Gasteiger partial charge in [-0.1, -0.05) is 26.7 Å². The van der Waals surface area contributed by atoms with Gasteiger partial charge in [0.05, 0.1) is 5.69 Å². The van der Waals surface area contributed by atoms with E-state index in [-0.39, 0.29) is 0 Å². The van der Waals surface area contributed by atoms with Crippen molar-refractivity contribution in [2.24, 2.45) is 0 Å². The third kappa shape index (κ3) is 3.97. The lowest BCUT2D eigenvalue weighted by Gasteiger charge is -2.18. The monoisotopic (exact) mass is 236 g/mol. The van der Waals surface area contributed by atoms with Crippen molar-refractivity contribution < 1.29 is 0 Å². The minimum Gasteiger partial charge on any atom is -0.373 e. The molecular formula is C13H24N4. The van der Waals surface area contributed by atoms with Crippen molar-refractivity contribution in [1.82, 2.24) is 15.3 Å². The summed E-state index contributed by atoms with van der Waals surface area (Å²) in [6, 6.07) is 0. The van der Waals surface area contributed by atoms with E-state index < -0.39 is 0 Å². The highest BCUT2D eigenvalue weighted by molar-refractivity contribution is 5.47. The molecule has 96 valence electrons. The topological polar surface area (TPSA) is 49.8 Å². The fourth-order valence-corrected chi connectivity index (χ4v) is 1.69. The molecule has 0 saturated heterocycles. The maximum absolute atomic E-state index is 4.41. The van der Waals surface area contributed by atoms with Gasteiger partial charge in [0.1, 0.15) is 11.6 Å². The summed E-state index contributed by atoms with van der Waals surface area (Å²) in [6.07, 6.45) is 3.66. The molecule has 0 bridgehead atoms. The third-order valence-electron chi connectivity index (χ3n) is 2.79. The summed E-state index contributed by atoms with van der Waals surface area (Å²) in [6.45, 7) is 8.18. The molecule has 17 heavy (non-hydrogen) atoms. The van der Waals surface area contributed by atoms with Gasteiger partial charge in [0.25, 0.3) is 0 Å². The minimum atomic E-state index is 0.840. The lowest BCUT2D eigenvalue weighted by Crippen LogP contribution is -2.26. The Labute approximate surface area is 104 Å². The molecule has 1 aromatic rings. The fourth-order valence-electron chi connectivity index (χ4n) is 1.69. The first-order valence-corrected chi connectivity index (χ1v) is 6.47. The van der Waals surface area contributed by atoms with E-state index >= 15 is 0 Å². The average Bonchev–Trinajstić information content (AvgIpc) is 2.38. The van der Waals surface area contributed by atoms with Gasteiger partial charge in [0.15, 0.2) is 0 Å². The second-order valence-corrected chi connectivity index (χ2v) is 4.22. The van der Waals surface area contributed by atoms with Crippen molar-refractivity contribution in [1.29, 1.82) is 0 Å². The van der Waals surface area contributed by atoms with Crippen LogP contribution in [0.4, 0.5) is 5.82 Å². The van der Waals surface area contributed by atoms with Gasteiger partial charge in [0.2, 0.25) is 0 Å². The van der Waals surface area contributed by atoms with Gasteiger partial charge in [-0.05, 0) is 19.9 Å². The second kappa shape index (κ2) is 7.22. The van der Waals surface area contributed by atoms with Gasteiger partial charge >= 0.3 is 0 Å². The zero-order valence-corrected chi connectivity index (χ0v) is 11.4. The van der Waals surface area contributed by atoms with Crippen LogP contribution in [0.2, 0.25) is 0 Å². The molecule has 4 heteroatoms. The SMILES string of the molecule is CCCC.CNc1nc(C)nc2c1CCNC2. The quantitative estimate of drug-likeness (QED) is 0.827. The first kappa shape index (κ1) is 13.9. The Morgan fingerprint density at radius 3 is 2.53 bits per heavy atom. The molecule has 0 spiro atoms. The summed E-state index contributed by atoms with van der Waals surface area (Å²) in [5.74, 6) is 1.83. The molecule has 0 fully saturated rings. The molecule has 0 radical (unpaired) electrons. The molecule has 4 nitrogen and oxygen atoms in total. The Morgan fingerprint density at radius 1 is 1.24 bits per heavy atom. The molecule has 1 aromatic heterocycles. The number of anilines is 1. The van der Waals surface area contributed by atoms with Crippen molar-refractivity contribution >= 4 is 5.82 Å². The minimum absolute atomic E-state index is 0.840. The zero-order chi connectivity index (χ0) is 12.7. The number of nitrogens with one attached hydrogen (secondary N) is 2. The van der Waals surface area contributed by atoms with E-state index in [1.54, 1.807) is 0 Å².